The number of amides is 1. The summed E-state index contributed by atoms with van der Waals surface area (Å²) in [6, 6.07) is 18.3. The molecular formula is C24H24N2O5S2. The van der Waals surface area contributed by atoms with Crippen molar-refractivity contribution in [1.29, 1.82) is 0 Å². The Kier molecular flexibility index (Phi) is 6.73. The number of benzene rings is 3. The van der Waals surface area contributed by atoms with Crippen LogP contribution in [0, 0.1) is 0 Å². The Bertz CT molecular complexity index is 1290. The summed E-state index contributed by atoms with van der Waals surface area (Å²) in [5.41, 5.74) is 0.711. The molecule has 4 rings (SSSR count). The van der Waals surface area contributed by atoms with Crippen LogP contribution >= 0.6 is 12.6 Å². The molecule has 0 spiro atoms. The standard InChI is InChI=1S/C24H24N2O5S2/c1-31-24(28)18-8-6-17(7-9-18)23(27)25-14-20-13-21(32)15-26(20)33(29,30)22-11-10-16-4-2-3-5-19(16)12-22/h2-12,20-21,32H,13-15H2,1H3,(H,25,27). The van der Waals surface area contributed by atoms with Crippen LogP contribution in [0.3, 0.4) is 0 Å². The third-order valence-corrected chi connectivity index (χ3v) is 8.02. The van der Waals surface area contributed by atoms with Crippen molar-refractivity contribution in [3.8, 4) is 0 Å². The van der Waals surface area contributed by atoms with Crippen molar-refractivity contribution in [2.75, 3.05) is 20.2 Å². The number of nitrogens with zero attached hydrogens (tertiary/aromatic N) is 1. The number of esters is 1. The molecule has 7 nitrogen and oxygen atoms in total. The van der Waals surface area contributed by atoms with Crippen LogP contribution in [0.5, 0.6) is 0 Å². The van der Waals surface area contributed by atoms with E-state index in [1.54, 1.807) is 18.2 Å². The molecule has 0 radical (unpaired) electrons. The Balaban J connectivity index is 1.49. The van der Waals surface area contributed by atoms with Gasteiger partial charge in [0.05, 0.1) is 17.6 Å². The van der Waals surface area contributed by atoms with Crippen molar-refractivity contribution in [1.82, 2.24) is 9.62 Å². The molecule has 3 aromatic rings. The molecule has 0 aromatic heterocycles. The number of fused-ring (bicyclic) bond motifs is 1. The van der Waals surface area contributed by atoms with Crippen LogP contribution in [0.25, 0.3) is 10.8 Å². The average molecular weight is 485 g/mol. The van der Waals surface area contributed by atoms with Gasteiger partial charge < -0.3 is 10.1 Å². The fourth-order valence-electron chi connectivity index (χ4n) is 3.99. The summed E-state index contributed by atoms with van der Waals surface area (Å²) in [5, 5.41) is 4.50. The molecule has 2 unspecified atom stereocenters. The van der Waals surface area contributed by atoms with Crippen LogP contribution < -0.4 is 5.32 Å². The maximum Gasteiger partial charge on any atom is 0.337 e. The number of carbonyl (C=O) groups is 2. The normalized spacial score (nSPS) is 18.8. The molecule has 0 saturated carbocycles. The second-order valence-corrected chi connectivity index (χ2v) is 10.5. The minimum atomic E-state index is -3.76. The predicted molar refractivity (Wildman–Crippen MR) is 129 cm³/mol. The highest BCUT2D eigenvalue weighted by molar-refractivity contribution is 7.89. The summed E-state index contributed by atoms with van der Waals surface area (Å²) < 4.78 is 32.9. The molecule has 1 amide bonds. The van der Waals surface area contributed by atoms with Gasteiger partial charge in [-0.1, -0.05) is 30.3 Å². The zero-order valence-corrected chi connectivity index (χ0v) is 19.7. The van der Waals surface area contributed by atoms with Gasteiger partial charge in [-0.3, -0.25) is 4.79 Å². The van der Waals surface area contributed by atoms with Crippen LogP contribution in [-0.2, 0) is 14.8 Å². The summed E-state index contributed by atoms with van der Waals surface area (Å²) in [7, 11) is -2.47. The summed E-state index contributed by atoms with van der Waals surface area (Å²) in [6.07, 6.45) is 0.525. The molecule has 0 aliphatic carbocycles. The van der Waals surface area contributed by atoms with Crippen molar-refractivity contribution in [3.05, 3.63) is 77.9 Å². The molecule has 2 atom stereocenters. The van der Waals surface area contributed by atoms with E-state index in [1.165, 1.54) is 35.7 Å². The second-order valence-electron chi connectivity index (χ2n) is 7.91. The molecule has 1 aliphatic rings. The SMILES string of the molecule is COC(=O)c1ccc(C(=O)NCC2CC(S)CN2S(=O)(=O)c2ccc3ccccc3c2)cc1. The second kappa shape index (κ2) is 9.54. The van der Waals surface area contributed by atoms with Crippen LogP contribution in [0.2, 0.25) is 0 Å². The van der Waals surface area contributed by atoms with Gasteiger partial charge >= 0.3 is 5.97 Å². The highest BCUT2D eigenvalue weighted by Crippen LogP contribution is 2.30. The van der Waals surface area contributed by atoms with Gasteiger partial charge in [0, 0.05) is 29.9 Å². The number of ether oxygens (including phenoxy) is 1. The van der Waals surface area contributed by atoms with E-state index in [4.69, 9.17) is 0 Å². The Labute approximate surface area is 198 Å². The molecule has 0 bridgehead atoms. The number of carbonyl (C=O) groups excluding carboxylic acids is 2. The number of rotatable bonds is 6. The van der Waals surface area contributed by atoms with Gasteiger partial charge in [0.25, 0.3) is 5.91 Å². The van der Waals surface area contributed by atoms with E-state index in [2.05, 4.69) is 22.7 Å². The van der Waals surface area contributed by atoms with E-state index in [-0.39, 0.29) is 29.1 Å². The van der Waals surface area contributed by atoms with Crippen molar-refractivity contribution in [3.63, 3.8) is 0 Å². The Morgan fingerprint density at radius 1 is 1.03 bits per heavy atom. The molecular weight excluding hydrogens is 460 g/mol. The van der Waals surface area contributed by atoms with Gasteiger partial charge in [-0.25, -0.2) is 13.2 Å². The van der Waals surface area contributed by atoms with Crippen molar-refractivity contribution in [2.24, 2.45) is 0 Å². The average Bonchev–Trinajstić information content (AvgIpc) is 3.23. The molecule has 33 heavy (non-hydrogen) atoms. The quantitative estimate of drug-likeness (QED) is 0.414. The van der Waals surface area contributed by atoms with E-state index in [0.29, 0.717) is 17.5 Å². The lowest BCUT2D eigenvalue weighted by molar-refractivity contribution is 0.0600. The lowest BCUT2D eigenvalue weighted by Gasteiger charge is -2.24. The third kappa shape index (κ3) is 4.90. The Morgan fingerprint density at radius 2 is 1.70 bits per heavy atom. The fourth-order valence-corrected chi connectivity index (χ4v) is 6.24. The summed E-state index contributed by atoms with van der Waals surface area (Å²) >= 11 is 4.51. The highest BCUT2D eigenvalue weighted by Gasteiger charge is 2.39. The van der Waals surface area contributed by atoms with Crippen molar-refractivity contribution in [2.45, 2.75) is 22.6 Å². The van der Waals surface area contributed by atoms with E-state index < -0.39 is 22.0 Å². The van der Waals surface area contributed by atoms with E-state index in [1.807, 2.05) is 24.3 Å². The van der Waals surface area contributed by atoms with Crippen molar-refractivity contribution >= 4 is 45.3 Å². The third-order valence-electron chi connectivity index (χ3n) is 5.74. The molecule has 3 aromatic carbocycles. The lowest BCUT2D eigenvalue weighted by Crippen LogP contribution is -2.43. The topological polar surface area (TPSA) is 92.8 Å². The van der Waals surface area contributed by atoms with Crippen LogP contribution in [0.1, 0.15) is 27.1 Å². The fraction of sp³-hybridized carbons (Fsp3) is 0.250. The number of methoxy groups -OCH3 is 1. The smallest absolute Gasteiger partial charge is 0.337 e. The largest absolute Gasteiger partial charge is 0.465 e. The molecule has 1 saturated heterocycles. The van der Waals surface area contributed by atoms with Crippen LogP contribution in [0.4, 0.5) is 0 Å². The lowest BCUT2D eigenvalue weighted by atomic mass is 10.1. The van der Waals surface area contributed by atoms with E-state index >= 15 is 0 Å². The molecule has 1 fully saturated rings. The molecule has 9 heteroatoms. The zero-order chi connectivity index (χ0) is 23.6. The summed E-state index contributed by atoms with van der Waals surface area (Å²) in [6.45, 7) is 0.425. The van der Waals surface area contributed by atoms with Gasteiger partial charge in [-0.2, -0.15) is 16.9 Å². The van der Waals surface area contributed by atoms with Gasteiger partial charge in [0.2, 0.25) is 10.0 Å². The van der Waals surface area contributed by atoms with Crippen LogP contribution in [-0.4, -0.2) is 56.1 Å². The predicted octanol–water partition coefficient (Wildman–Crippen LogP) is 3.12. The van der Waals surface area contributed by atoms with Crippen LogP contribution in [0.15, 0.2) is 71.6 Å². The van der Waals surface area contributed by atoms with Gasteiger partial charge in [0.15, 0.2) is 0 Å². The summed E-state index contributed by atoms with van der Waals surface area (Å²) in [4.78, 5) is 24.4. The van der Waals surface area contributed by atoms with Crippen molar-refractivity contribution < 1.29 is 22.7 Å². The monoisotopic (exact) mass is 484 g/mol. The first-order chi connectivity index (χ1) is 15.8. The van der Waals surface area contributed by atoms with Gasteiger partial charge in [-0.15, -0.1) is 0 Å². The van der Waals surface area contributed by atoms with E-state index in [0.717, 1.165) is 10.8 Å². The van der Waals surface area contributed by atoms with Gasteiger partial charge in [-0.05, 0) is 53.6 Å². The molecule has 1 heterocycles. The molecule has 1 aliphatic heterocycles. The first kappa shape index (κ1) is 23.3. The number of hydrogen-bond acceptors (Lipinski definition) is 6. The molecule has 172 valence electrons. The number of hydrogen-bond donors (Lipinski definition) is 2. The maximum atomic E-state index is 13.4. The Morgan fingerprint density at radius 3 is 2.39 bits per heavy atom. The van der Waals surface area contributed by atoms with Gasteiger partial charge in [0.1, 0.15) is 0 Å². The van der Waals surface area contributed by atoms with E-state index in [9.17, 15) is 18.0 Å². The minimum Gasteiger partial charge on any atom is -0.465 e. The highest BCUT2D eigenvalue weighted by atomic mass is 32.2. The first-order valence-corrected chi connectivity index (χ1v) is 12.4. The molecule has 1 N–H and O–H groups in total. The number of thiol groups is 1. The Hall–Kier alpha value is -2.88. The minimum absolute atomic E-state index is 0.124. The maximum absolute atomic E-state index is 13.4. The zero-order valence-electron chi connectivity index (χ0n) is 18.0. The summed E-state index contributed by atoms with van der Waals surface area (Å²) in [5.74, 6) is -0.834. The number of sulfonamides is 1. The first-order valence-electron chi connectivity index (χ1n) is 10.4. The number of nitrogens with one attached hydrogen (secondary N) is 1.